The standard InChI is InChI=1S/C13H18N4O2S/c1-13(2,3)11-8-12(16-15-11)17-20(18,19)10-6-4-5-9(14)7-10/h4-8H,14H2,1-3H3,(H2,15,16,17). The van der Waals surface area contributed by atoms with Crippen LogP contribution >= 0.6 is 0 Å². The average molecular weight is 294 g/mol. The molecular formula is C13H18N4O2S. The number of nitrogens with zero attached hydrogens (tertiary/aromatic N) is 1. The molecule has 0 saturated heterocycles. The van der Waals surface area contributed by atoms with Crippen LogP contribution in [0, 0.1) is 0 Å². The summed E-state index contributed by atoms with van der Waals surface area (Å²) < 4.78 is 26.8. The maximum atomic E-state index is 12.2. The molecule has 0 bridgehead atoms. The normalized spacial score (nSPS) is 12.3. The number of sulfonamides is 1. The zero-order chi connectivity index (χ0) is 15.0. The number of nitrogens with two attached hydrogens (primary N) is 1. The lowest BCUT2D eigenvalue weighted by atomic mass is 9.92. The molecule has 0 aliphatic rings. The summed E-state index contributed by atoms with van der Waals surface area (Å²) in [6.07, 6.45) is 0. The van der Waals surface area contributed by atoms with E-state index in [0.717, 1.165) is 5.69 Å². The molecule has 0 fully saturated rings. The molecule has 0 aliphatic carbocycles. The summed E-state index contributed by atoms with van der Waals surface area (Å²) in [6, 6.07) is 7.79. The molecule has 0 atom stereocenters. The Morgan fingerprint density at radius 2 is 1.95 bits per heavy atom. The van der Waals surface area contributed by atoms with Crippen molar-refractivity contribution in [2.45, 2.75) is 31.1 Å². The van der Waals surface area contributed by atoms with E-state index in [0.29, 0.717) is 5.69 Å². The summed E-state index contributed by atoms with van der Waals surface area (Å²) in [5, 5.41) is 6.80. The van der Waals surface area contributed by atoms with Crippen LogP contribution in [0.25, 0.3) is 0 Å². The Balaban J connectivity index is 2.27. The van der Waals surface area contributed by atoms with Crippen molar-refractivity contribution >= 4 is 21.5 Å². The minimum atomic E-state index is -3.68. The van der Waals surface area contributed by atoms with Crippen LogP contribution in [-0.4, -0.2) is 18.6 Å². The first-order chi connectivity index (χ1) is 9.18. The van der Waals surface area contributed by atoms with Gasteiger partial charge in [-0.3, -0.25) is 9.82 Å². The number of nitrogens with one attached hydrogen (secondary N) is 2. The van der Waals surface area contributed by atoms with Gasteiger partial charge < -0.3 is 5.73 Å². The van der Waals surface area contributed by atoms with Crippen molar-refractivity contribution < 1.29 is 8.42 Å². The highest BCUT2D eigenvalue weighted by atomic mass is 32.2. The summed E-state index contributed by atoms with van der Waals surface area (Å²) in [5.74, 6) is 0.261. The highest BCUT2D eigenvalue weighted by Crippen LogP contribution is 2.23. The van der Waals surface area contributed by atoms with Crippen LogP contribution in [0.3, 0.4) is 0 Å². The molecule has 7 heteroatoms. The molecule has 2 rings (SSSR count). The van der Waals surface area contributed by atoms with Crippen molar-refractivity contribution in [2.75, 3.05) is 10.5 Å². The Kier molecular flexibility index (Phi) is 3.47. The number of aromatic amines is 1. The fourth-order valence-corrected chi connectivity index (χ4v) is 2.68. The van der Waals surface area contributed by atoms with Gasteiger partial charge in [0, 0.05) is 22.9 Å². The number of rotatable bonds is 3. The zero-order valence-electron chi connectivity index (χ0n) is 11.6. The lowest BCUT2D eigenvalue weighted by molar-refractivity contribution is 0.567. The van der Waals surface area contributed by atoms with Gasteiger partial charge in [0.15, 0.2) is 5.82 Å². The molecule has 0 radical (unpaired) electrons. The van der Waals surface area contributed by atoms with Crippen LogP contribution in [0.15, 0.2) is 35.2 Å². The van der Waals surface area contributed by atoms with Crippen LogP contribution in [0.1, 0.15) is 26.5 Å². The number of H-pyrrole nitrogens is 1. The van der Waals surface area contributed by atoms with Gasteiger partial charge in [-0.25, -0.2) is 8.42 Å². The van der Waals surface area contributed by atoms with E-state index in [4.69, 9.17) is 5.73 Å². The molecule has 1 heterocycles. The second-order valence-electron chi connectivity index (χ2n) is 5.59. The van der Waals surface area contributed by atoms with Gasteiger partial charge in [0.2, 0.25) is 0 Å². The van der Waals surface area contributed by atoms with E-state index in [1.165, 1.54) is 12.1 Å². The highest BCUT2D eigenvalue weighted by Gasteiger charge is 2.20. The summed E-state index contributed by atoms with van der Waals surface area (Å²) in [6.45, 7) is 6.03. The minimum Gasteiger partial charge on any atom is -0.399 e. The molecule has 2 aromatic rings. The first-order valence-electron chi connectivity index (χ1n) is 6.13. The van der Waals surface area contributed by atoms with E-state index in [1.807, 2.05) is 20.8 Å². The van der Waals surface area contributed by atoms with Crippen molar-refractivity contribution in [2.24, 2.45) is 0 Å². The monoisotopic (exact) mass is 294 g/mol. The van der Waals surface area contributed by atoms with Crippen LogP contribution in [-0.2, 0) is 15.4 Å². The van der Waals surface area contributed by atoms with Gasteiger partial charge in [-0.1, -0.05) is 26.8 Å². The van der Waals surface area contributed by atoms with Gasteiger partial charge >= 0.3 is 0 Å². The summed E-state index contributed by atoms with van der Waals surface area (Å²) in [7, 11) is -3.68. The summed E-state index contributed by atoms with van der Waals surface area (Å²) in [4.78, 5) is 0.109. The number of hydrogen-bond acceptors (Lipinski definition) is 4. The Morgan fingerprint density at radius 1 is 1.25 bits per heavy atom. The highest BCUT2D eigenvalue weighted by molar-refractivity contribution is 7.92. The number of nitrogen functional groups attached to an aromatic ring is 1. The number of hydrogen-bond donors (Lipinski definition) is 3. The molecule has 0 spiro atoms. The quantitative estimate of drug-likeness (QED) is 0.754. The molecule has 0 saturated carbocycles. The van der Waals surface area contributed by atoms with Crippen LogP contribution < -0.4 is 10.5 Å². The van der Waals surface area contributed by atoms with E-state index in [1.54, 1.807) is 18.2 Å². The van der Waals surface area contributed by atoms with Gasteiger partial charge in [-0.05, 0) is 18.2 Å². The third kappa shape index (κ3) is 3.11. The van der Waals surface area contributed by atoms with Gasteiger partial charge in [-0.2, -0.15) is 5.10 Å². The molecule has 0 unspecified atom stereocenters. The predicted octanol–water partition coefficient (Wildman–Crippen LogP) is 2.09. The molecule has 1 aromatic carbocycles. The van der Waals surface area contributed by atoms with Gasteiger partial charge in [0.05, 0.1) is 4.90 Å². The topological polar surface area (TPSA) is 101 Å². The molecule has 20 heavy (non-hydrogen) atoms. The predicted molar refractivity (Wildman–Crippen MR) is 79.0 cm³/mol. The smallest absolute Gasteiger partial charge is 0.263 e. The zero-order valence-corrected chi connectivity index (χ0v) is 12.5. The Bertz CT molecular complexity index is 714. The Labute approximate surface area is 118 Å². The maximum Gasteiger partial charge on any atom is 0.263 e. The van der Waals surface area contributed by atoms with E-state index < -0.39 is 10.0 Å². The van der Waals surface area contributed by atoms with Crippen LogP contribution in [0.2, 0.25) is 0 Å². The average Bonchev–Trinajstić information content (AvgIpc) is 2.76. The van der Waals surface area contributed by atoms with Gasteiger partial charge in [0.1, 0.15) is 0 Å². The van der Waals surface area contributed by atoms with Gasteiger partial charge in [0.25, 0.3) is 10.0 Å². The number of anilines is 2. The minimum absolute atomic E-state index is 0.109. The van der Waals surface area contributed by atoms with Crippen LogP contribution in [0.5, 0.6) is 0 Å². The largest absolute Gasteiger partial charge is 0.399 e. The SMILES string of the molecule is CC(C)(C)c1cc(NS(=O)(=O)c2cccc(N)c2)n[nH]1. The lowest BCUT2D eigenvalue weighted by Crippen LogP contribution is -2.13. The second-order valence-corrected chi connectivity index (χ2v) is 7.28. The molecule has 108 valence electrons. The second kappa shape index (κ2) is 4.82. The first-order valence-corrected chi connectivity index (χ1v) is 7.61. The number of aromatic nitrogens is 2. The lowest BCUT2D eigenvalue weighted by Gasteiger charge is -2.14. The fourth-order valence-electron chi connectivity index (χ4n) is 1.64. The summed E-state index contributed by atoms with van der Waals surface area (Å²) >= 11 is 0. The van der Waals surface area contributed by atoms with E-state index in [9.17, 15) is 8.42 Å². The van der Waals surface area contributed by atoms with Crippen molar-refractivity contribution in [1.29, 1.82) is 0 Å². The molecule has 6 nitrogen and oxygen atoms in total. The van der Waals surface area contributed by atoms with Crippen LogP contribution in [0.4, 0.5) is 11.5 Å². The maximum absolute atomic E-state index is 12.2. The molecule has 0 amide bonds. The molecule has 4 N–H and O–H groups in total. The Morgan fingerprint density at radius 3 is 2.50 bits per heavy atom. The number of benzene rings is 1. The third-order valence-electron chi connectivity index (χ3n) is 2.79. The third-order valence-corrected chi connectivity index (χ3v) is 4.15. The summed E-state index contributed by atoms with van der Waals surface area (Å²) in [5.41, 5.74) is 6.71. The molecular weight excluding hydrogens is 276 g/mol. The first kappa shape index (κ1) is 14.4. The Hall–Kier alpha value is -2.02. The van der Waals surface area contributed by atoms with Gasteiger partial charge in [-0.15, -0.1) is 0 Å². The molecule has 1 aromatic heterocycles. The van der Waals surface area contributed by atoms with Crippen molar-refractivity contribution in [3.05, 3.63) is 36.0 Å². The van der Waals surface area contributed by atoms with Crippen molar-refractivity contribution in [1.82, 2.24) is 10.2 Å². The van der Waals surface area contributed by atoms with Crippen molar-refractivity contribution in [3.8, 4) is 0 Å². The van der Waals surface area contributed by atoms with Crippen molar-refractivity contribution in [3.63, 3.8) is 0 Å². The van der Waals surface area contributed by atoms with E-state index in [-0.39, 0.29) is 16.1 Å². The van der Waals surface area contributed by atoms with E-state index >= 15 is 0 Å². The fraction of sp³-hybridized carbons (Fsp3) is 0.308. The molecule has 0 aliphatic heterocycles. The van der Waals surface area contributed by atoms with E-state index in [2.05, 4.69) is 14.9 Å².